The molecule has 0 aliphatic heterocycles. The van der Waals surface area contributed by atoms with Gasteiger partial charge in [0, 0.05) is 0 Å². The first-order chi connectivity index (χ1) is 7.36. The summed E-state index contributed by atoms with van der Waals surface area (Å²) in [6.45, 7) is 5.96. The Morgan fingerprint density at radius 1 is 1.31 bits per heavy atom. The SMILES string of the molecule is CCC(C)(C)C(=O)OCC1CC(O)C(O)C1. The lowest BCUT2D eigenvalue weighted by atomic mass is 9.91. The van der Waals surface area contributed by atoms with Gasteiger partial charge in [-0.2, -0.15) is 0 Å². The van der Waals surface area contributed by atoms with Crippen molar-refractivity contribution in [2.75, 3.05) is 6.61 Å². The highest BCUT2D eigenvalue weighted by atomic mass is 16.5. The quantitative estimate of drug-likeness (QED) is 0.710. The number of carbonyl (C=O) groups excluding carboxylic acids is 1. The lowest BCUT2D eigenvalue weighted by Gasteiger charge is -2.21. The van der Waals surface area contributed by atoms with Crippen molar-refractivity contribution in [2.45, 2.75) is 52.2 Å². The molecule has 0 spiro atoms. The topological polar surface area (TPSA) is 66.8 Å². The number of ether oxygens (including phenoxy) is 1. The van der Waals surface area contributed by atoms with E-state index in [1.807, 2.05) is 20.8 Å². The average molecular weight is 230 g/mol. The van der Waals surface area contributed by atoms with Crippen LogP contribution in [0.4, 0.5) is 0 Å². The summed E-state index contributed by atoms with van der Waals surface area (Å²) in [5.74, 6) is -0.118. The van der Waals surface area contributed by atoms with Crippen LogP contribution < -0.4 is 0 Å². The standard InChI is InChI=1S/C12H22O4/c1-4-12(2,3)11(15)16-7-8-5-9(13)10(14)6-8/h8-10,13-14H,4-7H2,1-3H3. The van der Waals surface area contributed by atoms with Gasteiger partial charge in [0.05, 0.1) is 24.2 Å². The first-order valence-electron chi connectivity index (χ1n) is 5.90. The van der Waals surface area contributed by atoms with Gasteiger partial charge in [-0.25, -0.2) is 0 Å². The molecular formula is C12H22O4. The second-order valence-corrected chi connectivity index (χ2v) is 5.31. The number of esters is 1. The molecule has 0 heterocycles. The summed E-state index contributed by atoms with van der Waals surface area (Å²) in [5.41, 5.74) is -0.449. The predicted molar refractivity (Wildman–Crippen MR) is 59.8 cm³/mol. The molecule has 2 N–H and O–H groups in total. The van der Waals surface area contributed by atoms with Gasteiger partial charge in [-0.1, -0.05) is 6.92 Å². The molecule has 94 valence electrons. The van der Waals surface area contributed by atoms with Gasteiger partial charge < -0.3 is 14.9 Å². The molecule has 0 radical (unpaired) electrons. The van der Waals surface area contributed by atoms with E-state index in [-0.39, 0.29) is 11.9 Å². The Kier molecular flexibility index (Phi) is 4.33. The van der Waals surface area contributed by atoms with Gasteiger partial charge >= 0.3 is 5.97 Å². The summed E-state index contributed by atoms with van der Waals surface area (Å²) in [4.78, 5) is 11.7. The van der Waals surface area contributed by atoms with Gasteiger partial charge in [0.25, 0.3) is 0 Å². The normalized spacial score (nSPS) is 30.4. The lowest BCUT2D eigenvalue weighted by Crippen LogP contribution is -2.27. The Bertz CT molecular complexity index is 239. The molecule has 1 saturated carbocycles. The molecule has 1 aliphatic rings. The van der Waals surface area contributed by atoms with Crippen molar-refractivity contribution in [3.05, 3.63) is 0 Å². The second kappa shape index (κ2) is 5.15. The van der Waals surface area contributed by atoms with E-state index in [0.717, 1.165) is 6.42 Å². The highest BCUT2D eigenvalue weighted by Gasteiger charge is 2.33. The Hall–Kier alpha value is -0.610. The highest BCUT2D eigenvalue weighted by molar-refractivity contribution is 5.75. The Morgan fingerprint density at radius 2 is 1.81 bits per heavy atom. The van der Waals surface area contributed by atoms with Crippen LogP contribution in [0.25, 0.3) is 0 Å². The fraction of sp³-hybridized carbons (Fsp3) is 0.917. The van der Waals surface area contributed by atoms with E-state index in [9.17, 15) is 15.0 Å². The maximum Gasteiger partial charge on any atom is 0.311 e. The first-order valence-corrected chi connectivity index (χ1v) is 5.90. The van der Waals surface area contributed by atoms with Crippen molar-refractivity contribution in [2.24, 2.45) is 11.3 Å². The Labute approximate surface area is 96.6 Å². The molecule has 16 heavy (non-hydrogen) atoms. The molecule has 1 aliphatic carbocycles. The maximum absolute atomic E-state index is 11.7. The number of rotatable bonds is 4. The number of aliphatic hydroxyl groups is 2. The summed E-state index contributed by atoms with van der Waals surface area (Å²) < 4.78 is 5.22. The average Bonchev–Trinajstić information content (AvgIpc) is 2.55. The van der Waals surface area contributed by atoms with Crippen LogP contribution >= 0.6 is 0 Å². The van der Waals surface area contributed by atoms with Crippen molar-refractivity contribution in [3.63, 3.8) is 0 Å². The van der Waals surface area contributed by atoms with E-state index in [1.54, 1.807) is 0 Å². The Balaban J connectivity index is 2.33. The minimum absolute atomic E-state index is 0.0848. The highest BCUT2D eigenvalue weighted by Crippen LogP contribution is 2.28. The number of aliphatic hydroxyl groups excluding tert-OH is 2. The molecular weight excluding hydrogens is 208 g/mol. The largest absolute Gasteiger partial charge is 0.465 e. The van der Waals surface area contributed by atoms with Crippen LogP contribution in [0, 0.1) is 11.3 Å². The minimum Gasteiger partial charge on any atom is -0.465 e. The van der Waals surface area contributed by atoms with Gasteiger partial charge in [0.15, 0.2) is 0 Å². The monoisotopic (exact) mass is 230 g/mol. The lowest BCUT2D eigenvalue weighted by molar-refractivity contribution is -0.155. The molecule has 4 heteroatoms. The number of carbonyl (C=O) groups is 1. The fourth-order valence-electron chi connectivity index (χ4n) is 1.76. The summed E-state index contributed by atoms with van der Waals surface area (Å²) in [7, 11) is 0. The number of hydrogen-bond acceptors (Lipinski definition) is 4. The maximum atomic E-state index is 11.7. The van der Waals surface area contributed by atoms with Crippen molar-refractivity contribution >= 4 is 5.97 Å². The van der Waals surface area contributed by atoms with E-state index in [2.05, 4.69) is 0 Å². The van der Waals surface area contributed by atoms with Crippen molar-refractivity contribution in [1.29, 1.82) is 0 Å². The van der Waals surface area contributed by atoms with Gasteiger partial charge in [-0.15, -0.1) is 0 Å². The molecule has 0 aromatic heterocycles. The molecule has 2 unspecified atom stereocenters. The molecule has 0 aromatic carbocycles. The van der Waals surface area contributed by atoms with Crippen molar-refractivity contribution in [3.8, 4) is 0 Å². The predicted octanol–water partition coefficient (Wildman–Crippen LogP) is 1.10. The van der Waals surface area contributed by atoms with Gasteiger partial charge in [-0.05, 0) is 39.0 Å². The molecule has 1 fully saturated rings. The third kappa shape index (κ3) is 3.19. The zero-order chi connectivity index (χ0) is 12.3. The molecule has 1 rings (SSSR count). The summed E-state index contributed by atoms with van der Waals surface area (Å²) in [6, 6.07) is 0. The first kappa shape index (κ1) is 13.5. The molecule has 0 aromatic rings. The van der Waals surface area contributed by atoms with Crippen LogP contribution in [-0.4, -0.2) is 35.0 Å². The fourth-order valence-corrected chi connectivity index (χ4v) is 1.76. The molecule has 2 atom stereocenters. The van der Waals surface area contributed by atoms with Crippen LogP contribution in [-0.2, 0) is 9.53 Å². The third-order valence-corrected chi connectivity index (χ3v) is 3.48. The van der Waals surface area contributed by atoms with Gasteiger partial charge in [0.1, 0.15) is 0 Å². The van der Waals surface area contributed by atoms with Crippen LogP contribution in [0.1, 0.15) is 40.0 Å². The van der Waals surface area contributed by atoms with Crippen molar-refractivity contribution in [1.82, 2.24) is 0 Å². The van der Waals surface area contributed by atoms with E-state index in [0.29, 0.717) is 19.4 Å². The smallest absolute Gasteiger partial charge is 0.311 e. The summed E-state index contributed by atoms with van der Waals surface area (Å²) in [5, 5.41) is 18.7. The molecule has 0 saturated heterocycles. The van der Waals surface area contributed by atoms with Gasteiger partial charge in [-0.3, -0.25) is 4.79 Å². The van der Waals surface area contributed by atoms with Gasteiger partial charge in [0.2, 0.25) is 0 Å². The van der Waals surface area contributed by atoms with E-state index < -0.39 is 17.6 Å². The van der Waals surface area contributed by atoms with E-state index >= 15 is 0 Å². The zero-order valence-corrected chi connectivity index (χ0v) is 10.3. The van der Waals surface area contributed by atoms with Crippen LogP contribution in [0.3, 0.4) is 0 Å². The molecule has 0 bridgehead atoms. The summed E-state index contributed by atoms with van der Waals surface area (Å²) >= 11 is 0. The Morgan fingerprint density at radius 3 is 2.25 bits per heavy atom. The molecule has 0 amide bonds. The van der Waals surface area contributed by atoms with Crippen LogP contribution in [0.2, 0.25) is 0 Å². The molecule has 4 nitrogen and oxygen atoms in total. The summed E-state index contributed by atoms with van der Waals surface area (Å²) in [6.07, 6.45) is 0.440. The van der Waals surface area contributed by atoms with Crippen LogP contribution in [0.5, 0.6) is 0 Å². The van der Waals surface area contributed by atoms with Crippen LogP contribution in [0.15, 0.2) is 0 Å². The van der Waals surface area contributed by atoms with E-state index in [4.69, 9.17) is 4.74 Å². The van der Waals surface area contributed by atoms with Crippen molar-refractivity contribution < 1.29 is 19.7 Å². The minimum atomic E-state index is -0.664. The van der Waals surface area contributed by atoms with E-state index in [1.165, 1.54) is 0 Å². The zero-order valence-electron chi connectivity index (χ0n) is 10.3. The second-order valence-electron chi connectivity index (χ2n) is 5.31. The number of hydrogen-bond donors (Lipinski definition) is 2. The third-order valence-electron chi connectivity index (χ3n) is 3.48.